The number of aromatic nitrogens is 5. The molecule has 6 heteroatoms. The molecule has 3 aromatic heterocycles. The predicted molar refractivity (Wildman–Crippen MR) is 238 cm³/mol. The van der Waals surface area contributed by atoms with Crippen molar-refractivity contribution in [2.24, 2.45) is 0 Å². The maximum atomic E-state index is 14.2. The third kappa shape index (κ3) is 6.24. The summed E-state index contributed by atoms with van der Waals surface area (Å²) in [6.07, 6.45) is 1.80. The second-order valence-corrected chi connectivity index (χ2v) is 14.6. The van der Waals surface area contributed by atoms with Gasteiger partial charge in [-0.15, -0.1) is 0 Å². The van der Waals surface area contributed by atoms with Gasteiger partial charge in [-0.1, -0.05) is 152 Å². The van der Waals surface area contributed by atoms with E-state index >= 15 is 0 Å². The topological polar surface area (TPSA) is 64.5 Å². The van der Waals surface area contributed by atoms with E-state index in [1.54, 1.807) is 12.3 Å². The summed E-state index contributed by atoms with van der Waals surface area (Å²) in [5.41, 5.74) is 11.8. The van der Waals surface area contributed by atoms with Gasteiger partial charge in [0.05, 0.1) is 16.6 Å². The second kappa shape index (κ2) is 14.2. The van der Waals surface area contributed by atoms with E-state index in [1.807, 2.05) is 72.8 Å². The Labute approximate surface area is 339 Å². The van der Waals surface area contributed by atoms with Crippen LogP contribution in [0, 0.1) is 5.82 Å². The lowest BCUT2D eigenvalue weighted by Gasteiger charge is -2.14. The molecule has 0 N–H and O–H groups in total. The van der Waals surface area contributed by atoms with Crippen molar-refractivity contribution in [3.05, 3.63) is 200 Å². The SMILES string of the molecule is Fc1ccc2nc3c(cc(-c4ccc(-c5ccc(-c6ccc(-c7nc(-c8ccccc8)nc(-c8ccccc8)n7)cc6)c6ccccc56)cc4)c4cccnc43)cc2c1. The average Bonchev–Trinajstić information content (AvgIpc) is 3.31. The molecule has 0 fully saturated rings. The minimum atomic E-state index is -0.279. The highest BCUT2D eigenvalue weighted by atomic mass is 19.1. The molecule has 0 radical (unpaired) electrons. The molecule has 3 heterocycles. The van der Waals surface area contributed by atoms with E-state index in [4.69, 9.17) is 24.9 Å². The molecule has 0 amide bonds. The van der Waals surface area contributed by atoms with Gasteiger partial charge in [0.1, 0.15) is 5.82 Å². The number of benzene rings is 8. The van der Waals surface area contributed by atoms with Gasteiger partial charge in [-0.3, -0.25) is 4.98 Å². The summed E-state index contributed by atoms with van der Waals surface area (Å²) in [7, 11) is 0. The second-order valence-electron chi connectivity index (χ2n) is 14.6. The Balaban J connectivity index is 0.946. The van der Waals surface area contributed by atoms with Crippen LogP contribution >= 0.6 is 0 Å². The summed E-state index contributed by atoms with van der Waals surface area (Å²) < 4.78 is 14.2. The van der Waals surface area contributed by atoms with Gasteiger partial charge in [0.25, 0.3) is 0 Å². The Morgan fingerprint density at radius 3 is 1.39 bits per heavy atom. The molecule has 11 aromatic rings. The lowest BCUT2D eigenvalue weighted by Crippen LogP contribution is -2.00. The molecule has 11 rings (SSSR count). The Kier molecular flexibility index (Phi) is 8.26. The summed E-state index contributed by atoms with van der Waals surface area (Å²) in [6.45, 7) is 0. The van der Waals surface area contributed by atoms with Crippen molar-refractivity contribution in [1.29, 1.82) is 0 Å². The summed E-state index contributed by atoms with van der Waals surface area (Å²) in [5, 5.41) is 5.04. The number of fused-ring (bicyclic) bond motifs is 5. The normalized spacial score (nSPS) is 11.5. The van der Waals surface area contributed by atoms with Gasteiger partial charge in [0, 0.05) is 39.0 Å². The lowest BCUT2D eigenvalue weighted by atomic mass is 9.90. The Bertz CT molecular complexity index is 3310. The molecular formula is C53H32FN5. The molecule has 0 saturated carbocycles. The fourth-order valence-electron chi connectivity index (χ4n) is 8.12. The first-order valence-corrected chi connectivity index (χ1v) is 19.5. The standard InChI is InChI=1S/C53H32FN5/c54-41-25-28-48-39(31-41)30-40-32-47(46-16-9-29-55-50(46)49(40)56-48)35-19-17-33(18-20-35)42-26-27-43(45-15-8-7-14-44(42)45)34-21-23-38(24-22-34)53-58-51(36-10-3-1-4-11-36)57-52(59-53)37-12-5-2-6-13-37/h1-32H. The quantitative estimate of drug-likeness (QED) is 0.125. The summed E-state index contributed by atoms with van der Waals surface area (Å²) in [5.74, 6) is 1.62. The van der Waals surface area contributed by atoms with Crippen LogP contribution in [0.3, 0.4) is 0 Å². The van der Waals surface area contributed by atoms with Crippen LogP contribution in [-0.4, -0.2) is 24.9 Å². The van der Waals surface area contributed by atoms with Crippen molar-refractivity contribution >= 4 is 43.5 Å². The first-order valence-electron chi connectivity index (χ1n) is 19.5. The number of nitrogens with zero attached hydrogens (tertiary/aromatic N) is 5. The molecular weight excluding hydrogens is 726 g/mol. The largest absolute Gasteiger partial charge is 0.254 e. The van der Waals surface area contributed by atoms with E-state index in [-0.39, 0.29) is 5.82 Å². The van der Waals surface area contributed by atoms with Crippen molar-refractivity contribution in [3.63, 3.8) is 0 Å². The van der Waals surface area contributed by atoms with Crippen LogP contribution in [0.25, 0.3) is 111 Å². The monoisotopic (exact) mass is 757 g/mol. The van der Waals surface area contributed by atoms with Crippen molar-refractivity contribution in [1.82, 2.24) is 24.9 Å². The predicted octanol–water partition coefficient (Wildman–Crippen LogP) is 13.4. The van der Waals surface area contributed by atoms with E-state index in [1.165, 1.54) is 22.9 Å². The van der Waals surface area contributed by atoms with Gasteiger partial charge >= 0.3 is 0 Å². The molecule has 0 unspecified atom stereocenters. The van der Waals surface area contributed by atoms with Crippen molar-refractivity contribution < 1.29 is 4.39 Å². The molecule has 8 aromatic carbocycles. The van der Waals surface area contributed by atoms with Gasteiger partial charge in [-0.05, 0) is 80.6 Å². The van der Waals surface area contributed by atoms with Gasteiger partial charge < -0.3 is 0 Å². The minimum absolute atomic E-state index is 0.279. The van der Waals surface area contributed by atoms with E-state index < -0.39 is 0 Å². The molecule has 0 atom stereocenters. The number of pyridine rings is 2. The molecule has 276 valence electrons. The third-order valence-electron chi connectivity index (χ3n) is 11.0. The zero-order chi connectivity index (χ0) is 39.3. The Morgan fingerprint density at radius 2 is 0.814 bits per heavy atom. The summed E-state index contributed by atoms with van der Waals surface area (Å²) in [4.78, 5) is 24.4. The van der Waals surface area contributed by atoms with E-state index in [2.05, 4.69) is 97.1 Å². The molecule has 0 aliphatic heterocycles. The van der Waals surface area contributed by atoms with Crippen LogP contribution in [0.4, 0.5) is 4.39 Å². The first kappa shape index (κ1) is 34.3. The van der Waals surface area contributed by atoms with Gasteiger partial charge in [-0.25, -0.2) is 24.3 Å². The van der Waals surface area contributed by atoms with Gasteiger partial charge in [0.2, 0.25) is 0 Å². The highest BCUT2D eigenvalue weighted by Crippen LogP contribution is 2.39. The van der Waals surface area contributed by atoms with Crippen molar-refractivity contribution in [3.8, 4) is 67.5 Å². The number of rotatable bonds is 6. The minimum Gasteiger partial charge on any atom is -0.254 e. The maximum Gasteiger partial charge on any atom is 0.164 e. The maximum absolute atomic E-state index is 14.2. The fraction of sp³-hybridized carbons (Fsp3) is 0. The highest BCUT2D eigenvalue weighted by Gasteiger charge is 2.16. The van der Waals surface area contributed by atoms with Gasteiger partial charge in [-0.2, -0.15) is 0 Å². The smallest absolute Gasteiger partial charge is 0.164 e. The lowest BCUT2D eigenvalue weighted by molar-refractivity contribution is 0.629. The molecule has 59 heavy (non-hydrogen) atoms. The van der Waals surface area contributed by atoms with Crippen molar-refractivity contribution in [2.75, 3.05) is 0 Å². The molecule has 0 bridgehead atoms. The molecule has 0 aliphatic rings. The van der Waals surface area contributed by atoms with Crippen molar-refractivity contribution in [2.45, 2.75) is 0 Å². The Hall–Kier alpha value is -7.96. The summed E-state index contributed by atoms with van der Waals surface area (Å²) >= 11 is 0. The fourth-order valence-corrected chi connectivity index (χ4v) is 8.12. The Morgan fingerprint density at radius 1 is 0.322 bits per heavy atom. The van der Waals surface area contributed by atoms with E-state index in [0.717, 1.165) is 82.8 Å². The van der Waals surface area contributed by atoms with Crippen LogP contribution in [0.5, 0.6) is 0 Å². The van der Waals surface area contributed by atoms with Crippen LogP contribution in [0.15, 0.2) is 194 Å². The zero-order valence-corrected chi connectivity index (χ0v) is 31.6. The van der Waals surface area contributed by atoms with Gasteiger partial charge in [0.15, 0.2) is 17.5 Å². The van der Waals surface area contributed by atoms with Crippen LogP contribution < -0.4 is 0 Å². The number of hydrogen-bond donors (Lipinski definition) is 0. The average molecular weight is 758 g/mol. The molecule has 0 spiro atoms. The zero-order valence-electron chi connectivity index (χ0n) is 31.6. The molecule has 5 nitrogen and oxygen atoms in total. The third-order valence-corrected chi connectivity index (χ3v) is 11.0. The van der Waals surface area contributed by atoms with Crippen LogP contribution in [-0.2, 0) is 0 Å². The number of hydrogen-bond acceptors (Lipinski definition) is 5. The van der Waals surface area contributed by atoms with Crippen LogP contribution in [0.1, 0.15) is 0 Å². The molecule has 0 saturated heterocycles. The summed E-state index contributed by atoms with van der Waals surface area (Å²) in [6, 6.07) is 63.2. The number of halogens is 1. The van der Waals surface area contributed by atoms with E-state index in [0.29, 0.717) is 17.5 Å². The van der Waals surface area contributed by atoms with Crippen LogP contribution in [0.2, 0.25) is 0 Å². The highest BCUT2D eigenvalue weighted by molar-refractivity contribution is 6.12. The molecule has 0 aliphatic carbocycles. The van der Waals surface area contributed by atoms with E-state index in [9.17, 15) is 4.39 Å². The first-order chi connectivity index (χ1) is 29.1.